The molecule has 7 N–H and O–H groups in total. The summed E-state index contributed by atoms with van der Waals surface area (Å²) >= 11 is 0. The quantitative estimate of drug-likeness (QED) is 0.0997. The van der Waals surface area contributed by atoms with Gasteiger partial charge in [-0.1, -0.05) is 24.8 Å². The molecule has 15 nitrogen and oxygen atoms in total. The fourth-order valence-corrected chi connectivity index (χ4v) is 6.56. The van der Waals surface area contributed by atoms with Gasteiger partial charge in [-0.2, -0.15) is 0 Å². The molecule has 0 aromatic heterocycles. The third kappa shape index (κ3) is 16.6. The van der Waals surface area contributed by atoms with Crippen molar-refractivity contribution in [1.29, 1.82) is 0 Å². The maximum absolute atomic E-state index is 12.4. The second kappa shape index (κ2) is 13.7. The molecule has 0 aliphatic rings. The van der Waals surface area contributed by atoms with Gasteiger partial charge in [-0.05, 0) is 17.7 Å². The van der Waals surface area contributed by atoms with E-state index in [1.807, 2.05) is 0 Å². The van der Waals surface area contributed by atoms with Crippen LogP contribution in [-0.4, -0.2) is 95.5 Å². The highest BCUT2D eigenvalue weighted by molar-refractivity contribution is 7.53. The largest absolute Gasteiger partial charge is 0.491 e. The van der Waals surface area contributed by atoms with Crippen molar-refractivity contribution >= 4 is 36.5 Å². The number of benzene rings is 1. The van der Waals surface area contributed by atoms with E-state index in [1.165, 1.54) is 0 Å². The Morgan fingerprint density at radius 1 is 0.714 bits per heavy atom. The molecular weight excluding hydrogens is 552 g/mol. The number of ether oxygens (including phenoxy) is 1. The molecule has 1 atom stereocenters. The van der Waals surface area contributed by atoms with E-state index in [9.17, 15) is 32.9 Å². The zero-order valence-corrected chi connectivity index (χ0v) is 22.1. The van der Waals surface area contributed by atoms with Crippen LogP contribution in [-0.2, 0) is 22.8 Å². The lowest BCUT2D eigenvalue weighted by molar-refractivity contribution is 0.181. The standard InChI is InChI=1S/C16H30N2O13P4/c1-2-15-3-5-16(6-4-15)30-9-10-31-35(28,29)14-18(13-34(25,26)27)8-7-17(11-32(19,20)21)12-33(22,23)24/h2-6H,1,7-14H2,(H,28,29)(H2,19,20,21)(H2,22,23,24)(H2,25,26,27). The van der Waals surface area contributed by atoms with Crippen LogP contribution in [0.5, 0.6) is 5.75 Å². The maximum atomic E-state index is 12.4. The Balaban J connectivity index is 2.73. The molecule has 19 heteroatoms. The predicted octanol–water partition coefficient (Wildman–Crippen LogP) is 0.877. The summed E-state index contributed by atoms with van der Waals surface area (Å²) in [6.07, 6.45) is -2.32. The summed E-state index contributed by atoms with van der Waals surface area (Å²) in [7, 11) is -18.7. The minimum absolute atomic E-state index is 0.116. The van der Waals surface area contributed by atoms with E-state index in [0.717, 1.165) is 10.5 Å². The number of rotatable bonds is 17. The van der Waals surface area contributed by atoms with Crippen LogP contribution in [0.2, 0.25) is 0 Å². The van der Waals surface area contributed by atoms with Crippen molar-refractivity contribution in [3.8, 4) is 5.75 Å². The summed E-state index contributed by atoms with van der Waals surface area (Å²) in [6, 6.07) is 6.78. The van der Waals surface area contributed by atoms with Gasteiger partial charge in [-0.25, -0.2) is 0 Å². The second-order valence-corrected chi connectivity index (χ2v) is 14.1. The minimum Gasteiger partial charge on any atom is -0.491 e. The van der Waals surface area contributed by atoms with E-state index in [1.54, 1.807) is 30.3 Å². The number of hydrogen-bond acceptors (Lipinski definition) is 8. The Bertz CT molecular complexity index is 979. The minimum atomic E-state index is -4.75. The molecule has 0 amide bonds. The molecule has 0 aliphatic carbocycles. The zero-order chi connectivity index (χ0) is 26.9. The van der Waals surface area contributed by atoms with E-state index in [2.05, 4.69) is 6.58 Å². The fraction of sp³-hybridized carbons (Fsp3) is 0.500. The van der Waals surface area contributed by atoms with E-state index in [0.29, 0.717) is 10.6 Å². The van der Waals surface area contributed by atoms with E-state index in [4.69, 9.17) is 28.8 Å². The van der Waals surface area contributed by atoms with Gasteiger partial charge in [0.25, 0.3) is 0 Å². The molecule has 0 saturated heterocycles. The van der Waals surface area contributed by atoms with E-state index < -0.39 is 68.6 Å². The first-order chi connectivity index (χ1) is 15.9. The lowest BCUT2D eigenvalue weighted by atomic mass is 10.2. The summed E-state index contributed by atoms with van der Waals surface area (Å²) in [5.41, 5.74) is 0.860. The highest BCUT2D eigenvalue weighted by atomic mass is 31.2. The molecule has 1 aromatic carbocycles. The van der Waals surface area contributed by atoms with Crippen LogP contribution < -0.4 is 4.74 Å². The summed E-state index contributed by atoms with van der Waals surface area (Å²) in [4.78, 5) is 66.6. The molecule has 0 aliphatic heterocycles. The Kier molecular flexibility index (Phi) is 12.7. The molecule has 0 fully saturated rings. The Hall–Kier alpha value is -0.720. The first kappa shape index (κ1) is 32.3. The topological polar surface area (TPSA) is 235 Å². The van der Waals surface area contributed by atoms with Gasteiger partial charge in [0.2, 0.25) is 0 Å². The van der Waals surface area contributed by atoms with Gasteiger partial charge in [0, 0.05) is 13.1 Å². The summed E-state index contributed by atoms with van der Waals surface area (Å²) in [5.74, 6) is 0.463. The van der Waals surface area contributed by atoms with Gasteiger partial charge >= 0.3 is 30.4 Å². The van der Waals surface area contributed by atoms with E-state index in [-0.39, 0.29) is 13.2 Å². The SMILES string of the molecule is C=Cc1ccc(OCCOP(=O)(O)CN(CCN(CP(=O)(O)O)CP(=O)(O)O)CP(=O)(O)O)cc1. The van der Waals surface area contributed by atoms with Crippen LogP contribution in [0.25, 0.3) is 6.08 Å². The Morgan fingerprint density at radius 3 is 1.54 bits per heavy atom. The summed E-state index contributed by atoms with van der Waals surface area (Å²) in [6.45, 7) is 2.20. The smallest absolute Gasteiger partial charge is 0.342 e. The van der Waals surface area contributed by atoms with Crippen molar-refractivity contribution < 1.29 is 61.8 Å². The second-order valence-electron chi connectivity index (χ2n) is 7.44. The molecule has 1 rings (SSSR count). The first-order valence-corrected chi connectivity index (χ1v) is 16.9. The van der Waals surface area contributed by atoms with Crippen LogP contribution in [0.4, 0.5) is 0 Å². The van der Waals surface area contributed by atoms with Gasteiger partial charge in [0.05, 0.1) is 6.61 Å². The molecule has 0 bridgehead atoms. The summed E-state index contributed by atoms with van der Waals surface area (Å²) < 4.78 is 56.7. The third-order valence-electron chi connectivity index (χ3n) is 4.02. The molecule has 202 valence electrons. The molecule has 1 unspecified atom stereocenters. The number of hydrogen-bond donors (Lipinski definition) is 7. The predicted molar refractivity (Wildman–Crippen MR) is 127 cm³/mol. The van der Waals surface area contributed by atoms with Crippen molar-refractivity contribution in [3.05, 3.63) is 36.4 Å². The molecule has 1 aromatic rings. The lowest BCUT2D eigenvalue weighted by Gasteiger charge is -2.29. The lowest BCUT2D eigenvalue weighted by Crippen LogP contribution is -2.37. The van der Waals surface area contributed by atoms with Gasteiger partial charge < -0.3 is 43.5 Å². The van der Waals surface area contributed by atoms with Crippen LogP contribution >= 0.6 is 30.4 Å². The fourth-order valence-electron chi connectivity index (χ4n) is 2.77. The van der Waals surface area contributed by atoms with Crippen LogP contribution in [0.3, 0.4) is 0 Å². The zero-order valence-electron chi connectivity index (χ0n) is 18.5. The summed E-state index contributed by atoms with van der Waals surface area (Å²) in [5, 5.41) is 0. The van der Waals surface area contributed by atoms with E-state index >= 15 is 0 Å². The third-order valence-corrected chi connectivity index (χ3v) is 7.67. The van der Waals surface area contributed by atoms with Crippen molar-refractivity contribution in [3.63, 3.8) is 0 Å². The average Bonchev–Trinajstić information content (AvgIpc) is 2.66. The van der Waals surface area contributed by atoms with Gasteiger partial charge in [0.15, 0.2) is 0 Å². The molecule has 0 spiro atoms. The van der Waals surface area contributed by atoms with Crippen LogP contribution in [0.1, 0.15) is 5.56 Å². The average molecular weight is 582 g/mol. The highest BCUT2D eigenvalue weighted by Crippen LogP contribution is 2.45. The molecular formula is C16H30N2O13P4. The monoisotopic (exact) mass is 582 g/mol. The van der Waals surface area contributed by atoms with Gasteiger partial charge in [0.1, 0.15) is 37.5 Å². The molecule has 0 saturated carbocycles. The number of nitrogens with zero attached hydrogens (tertiary/aromatic N) is 2. The highest BCUT2D eigenvalue weighted by Gasteiger charge is 2.30. The van der Waals surface area contributed by atoms with Crippen molar-refractivity contribution in [2.24, 2.45) is 0 Å². The Morgan fingerprint density at radius 2 is 1.14 bits per heavy atom. The maximum Gasteiger partial charge on any atom is 0.342 e. The Labute approximate surface area is 202 Å². The van der Waals surface area contributed by atoms with Crippen molar-refractivity contribution in [2.75, 3.05) is 51.4 Å². The van der Waals surface area contributed by atoms with Crippen LogP contribution in [0, 0.1) is 0 Å². The van der Waals surface area contributed by atoms with Gasteiger partial charge in [-0.15, -0.1) is 0 Å². The van der Waals surface area contributed by atoms with Gasteiger partial charge in [-0.3, -0.25) is 28.1 Å². The molecule has 0 radical (unpaired) electrons. The van der Waals surface area contributed by atoms with Crippen molar-refractivity contribution in [2.45, 2.75) is 0 Å². The normalized spacial score (nSPS) is 14.8. The molecule has 0 heterocycles. The van der Waals surface area contributed by atoms with Crippen LogP contribution in [0.15, 0.2) is 30.8 Å². The molecule has 35 heavy (non-hydrogen) atoms. The first-order valence-electron chi connectivity index (χ1n) is 9.77. The van der Waals surface area contributed by atoms with Crippen molar-refractivity contribution in [1.82, 2.24) is 9.80 Å².